The molecule has 1 rings (SSSR count). The van der Waals surface area contributed by atoms with Crippen molar-refractivity contribution in [3.63, 3.8) is 0 Å². The van der Waals surface area contributed by atoms with Crippen LogP contribution in [0.15, 0.2) is 24.3 Å². The van der Waals surface area contributed by atoms with Gasteiger partial charge in [-0.15, -0.1) is 0 Å². The van der Waals surface area contributed by atoms with Crippen molar-refractivity contribution in [2.45, 2.75) is 33.0 Å². The van der Waals surface area contributed by atoms with Crippen molar-refractivity contribution in [3.05, 3.63) is 29.8 Å². The highest BCUT2D eigenvalue weighted by atomic mass is 19.4. The van der Waals surface area contributed by atoms with E-state index in [9.17, 15) is 27.6 Å². The molecule has 0 aliphatic carbocycles. The molecule has 1 aromatic carbocycles. The number of amides is 2. The fourth-order valence-corrected chi connectivity index (χ4v) is 1.88. The summed E-state index contributed by atoms with van der Waals surface area (Å²) in [6, 6.07) is 2.95. The van der Waals surface area contributed by atoms with E-state index in [2.05, 4.69) is 10.6 Å². The van der Waals surface area contributed by atoms with Crippen molar-refractivity contribution in [2.75, 3.05) is 11.9 Å². The summed E-state index contributed by atoms with van der Waals surface area (Å²) in [5.74, 6) is -2.13. The molecule has 0 radical (unpaired) electrons. The highest BCUT2D eigenvalue weighted by Gasteiger charge is 2.30. The quantitative estimate of drug-likeness (QED) is 0.763. The molecule has 0 bridgehead atoms. The maximum atomic E-state index is 12.4. The van der Waals surface area contributed by atoms with Gasteiger partial charge in [-0.3, -0.25) is 9.59 Å². The number of rotatable bonds is 6. The number of benzene rings is 1. The lowest BCUT2D eigenvalue weighted by Gasteiger charge is -2.19. The third-order valence-electron chi connectivity index (χ3n) is 3.12. The van der Waals surface area contributed by atoms with E-state index in [1.165, 1.54) is 6.92 Å². The van der Waals surface area contributed by atoms with Crippen LogP contribution >= 0.6 is 0 Å². The van der Waals surface area contributed by atoms with Gasteiger partial charge in [-0.1, -0.05) is 13.8 Å². The van der Waals surface area contributed by atoms with Crippen LogP contribution in [0.1, 0.15) is 26.3 Å². The van der Waals surface area contributed by atoms with E-state index in [0.29, 0.717) is 0 Å². The van der Waals surface area contributed by atoms with Crippen molar-refractivity contribution < 1.29 is 32.3 Å². The number of alkyl halides is 3. The number of nitrogens with one attached hydrogen (secondary N) is 2. The minimum atomic E-state index is -4.46. The molecule has 2 N–H and O–H groups in total. The van der Waals surface area contributed by atoms with Gasteiger partial charge in [-0.2, -0.15) is 13.2 Å². The predicted octanol–water partition coefficient (Wildman–Crippen LogP) is 2.35. The van der Waals surface area contributed by atoms with Crippen molar-refractivity contribution in [1.29, 1.82) is 0 Å². The first-order valence-electron chi connectivity index (χ1n) is 7.41. The molecule has 2 amide bonds. The van der Waals surface area contributed by atoms with Crippen molar-refractivity contribution >= 4 is 23.5 Å². The summed E-state index contributed by atoms with van der Waals surface area (Å²) in [6.07, 6.45) is -4.46. The highest BCUT2D eigenvalue weighted by Crippen LogP contribution is 2.29. The summed E-state index contributed by atoms with van der Waals surface area (Å²) in [6.45, 7) is 4.02. The second-order valence-corrected chi connectivity index (χ2v) is 5.65. The number of anilines is 1. The molecule has 6 nitrogen and oxygen atoms in total. The monoisotopic (exact) mass is 360 g/mol. The Morgan fingerprint density at radius 3 is 2.12 bits per heavy atom. The van der Waals surface area contributed by atoms with Gasteiger partial charge in [0.05, 0.1) is 5.56 Å². The lowest BCUT2D eigenvalue weighted by molar-refractivity contribution is -0.151. The molecular formula is C16H19F3N2O4. The van der Waals surface area contributed by atoms with Gasteiger partial charge in [0.2, 0.25) is 5.91 Å². The third kappa shape index (κ3) is 6.82. The highest BCUT2D eigenvalue weighted by molar-refractivity contribution is 5.93. The average Bonchev–Trinajstić information content (AvgIpc) is 2.49. The Labute approximate surface area is 142 Å². The smallest absolute Gasteiger partial charge is 0.416 e. The molecule has 0 saturated carbocycles. The second kappa shape index (κ2) is 8.50. The van der Waals surface area contributed by atoms with Gasteiger partial charge in [0, 0.05) is 12.6 Å². The van der Waals surface area contributed by atoms with Crippen LogP contribution in [0.3, 0.4) is 0 Å². The Kier molecular flexibility index (Phi) is 6.96. The van der Waals surface area contributed by atoms with E-state index in [-0.39, 0.29) is 11.6 Å². The van der Waals surface area contributed by atoms with Crippen LogP contribution in [0.2, 0.25) is 0 Å². The minimum Gasteiger partial charge on any atom is -0.454 e. The average molecular weight is 360 g/mol. The van der Waals surface area contributed by atoms with Gasteiger partial charge in [0.15, 0.2) is 6.61 Å². The lowest BCUT2D eigenvalue weighted by Crippen LogP contribution is -2.45. The topological polar surface area (TPSA) is 84.5 Å². The number of esters is 1. The first-order chi connectivity index (χ1) is 11.5. The Hall–Kier alpha value is -2.58. The van der Waals surface area contributed by atoms with Gasteiger partial charge in [0.1, 0.15) is 6.04 Å². The number of halogens is 3. The molecule has 0 aliphatic rings. The zero-order chi connectivity index (χ0) is 19.2. The first kappa shape index (κ1) is 20.5. The van der Waals surface area contributed by atoms with E-state index in [0.717, 1.165) is 24.3 Å². The fraction of sp³-hybridized carbons (Fsp3) is 0.438. The summed E-state index contributed by atoms with van der Waals surface area (Å²) in [7, 11) is 0. The second-order valence-electron chi connectivity index (χ2n) is 5.65. The molecule has 9 heteroatoms. The maximum absolute atomic E-state index is 12.4. The van der Waals surface area contributed by atoms with Crippen molar-refractivity contribution in [1.82, 2.24) is 5.32 Å². The molecule has 0 aliphatic heterocycles. The molecule has 0 heterocycles. The summed E-state index contributed by atoms with van der Waals surface area (Å²) in [5, 5.41) is 4.74. The number of hydrogen-bond donors (Lipinski definition) is 2. The predicted molar refractivity (Wildman–Crippen MR) is 83.5 cm³/mol. The van der Waals surface area contributed by atoms with E-state index >= 15 is 0 Å². The van der Waals surface area contributed by atoms with Crippen LogP contribution in [0.4, 0.5) is 18.9 Å². The molecule has 0 aromatic heterocycles. The molecule has 0 spiro atoms. The van der Waals surface area contributed by atoms with Gasteiger partial charge in [0.25, 0.3) is 5.91 Å². The molecule has 138 valence electrons. The number of hydrogen-bond acceptors (Lipinski definition) is 4. The molecule has 1 unspecified atom stereocenters. The molecular weight excluding hydrogens is 341 g/mol. The van der Waals surface area contributed by atoms with E-state index in [4.69, 9.17) is 4.74 Å². The Balaban J connectivity index is 2.56. The maximum Gasteiger partial charge on any atom is 0.416 e. The van der Waals surface area contributed by atoms with Crippen LogP contribution in [-0.4, -0.2) is 30.4 Å². The summed E-state index contributed by atoms with van der Waals surface area (Å²) in [4.78, 5) is 34.7. The Bertz CT molecular complexity index is 627. The van der Waals surface area contributed by atoms with Gasteiger partial charge < -0.3 is 15.4 Å². The van der Waals surface area contributed by atoms with E-state index < -0.39 is 42.2 Å². The SMILES string of the molecule is CC(=O)NC(C(=O)OCC(=O)Nc1ccc(C(F)(F)F)cc1)C(C)C. The lowest BCUT2D eigenvalue weighted by atomic mass is 10.0. The summed E-state index contributed by atoms with van der Waals surface area (Å²) in [5.41, 5.74) is -0.705. The fourth-order valence-electron chi connectivity index (χ4n) is 1.88. The normalized spacial score (nSPS) is 12.4. The van der Waals surface area contributed by atoms with Crippen LogP contribution in [0, 0.1) is 5.92 Å². The number of carbonyl (C=O) groups is 3. The van der Waals surface area contributed by atoms with Crippen LogP contribution in [0.25, 0.3) is 0 Å². The van der Waals surface area contributed by atoms with Crippen molar-refractivity contribution in [3.8, 4) is 0 Å². The number of carbonyl (C=O) groups excluding carboxylic acids is 3. The summed E-state index contributed by atoms with van der Waals surface area (Å²) >= 11 is 0. The van der Waals surface area contributed by atoms with Crippen LogP contribution in [0.5, 0.6) is 0 Å². The van der Waals surface area contributed by atoms with Gasteiger partial charge >= 0.3 is 12.1 Å². The number of ether oxygens (including phenoxy) is 1. The van der Waals surface area contributed by atoms with Crippen LogP contribution in [-0.2, 0) is 25.3 Å². The molecule has 0 saturated heterocycles. The molecule has 25 heavy (non-hydrogen) atoms. The summed E-state index contributed by atoms with van der Waals surface area (Å²) < 4.78 is 42.2. The Morgan fingerprint density at radius 2 is 1.68 bits per heavy atom. The minimum absolute atomic E-state index is 0.135. The third-order valence-corrected chi connectivity index (χ3v) is 3.12. The van der Waals surface area contributed by atoms with Gasteiger partial charge in [-0.25, -0.2) is 4.79 Å². The van der Waals surface area contributed by atoms with Crippen LogP contribution < -0.4 is 10.6 Å². The zero-order valence-corrected chi connectivity index (χ0v) is 13.9. The van der Waals surface area contributed by atoms with Crippen molar-refractivity contribution in [2.24, 2.45) is 5.92 Å². The largest absolute Gasteiger partial charge is 0.454 e. The molecule has 1 atom stereocenters. The first-order valence-corrected chi connectivity index (χ1v) is 7.41. The molecule has 1 aromatic rings. The zero-order valence-electron chi connectivity index (χ0n) is 13.9. The standard InChI is InChI=1S/C16H19F3N2O4/c1-9(2)14(20-10(3)22)15(24)25-8-13(23)21-12-6-4-11(5-7-12)16(17,18)19/h4-7,9,14H,8H2,1-3H3,(H,20,22)(H,21,23). The Morgan fingerprint density at radius 1 is 1.12 bits per heavy atom. The van der Waals surface area contributed by atoms with E-state index in [1.54, 1.807) is 13.8 Å². The molecule has 0 fully saturated rings. The van der Waals surface area contributed by atoms with E-state index in [1.807, 2.05) is 0 Å². The van der Waals surface area contributed by atoms with Gasteiger partial charge in [-0.05, 0) is 30.2 Å².